The van der Waals surface area contributed by atoms with Crippen molar-refractivity contribution in [2.45, 2.75) is 17.4 Å². The van der Waals surface area contributed by atoms with Crippen molar-refractivity contribution in [1.82, 2.24) is 4.98 Å². The molecular formula is C13H13NO3S. The lowest BCUT2D eigenvalue weighted by Crippen LogP contribution is -2.06. The second-order valence-electron chi connectivity index (χ2n) is 3.61. The van der Waals surface area contributed by atoms with E-state index in [4.69, 9.17) is 4.42 Å². The Labute approximate surface area is 109 Å². The quantitative estimate of drug-likeness (QED) is 0.613. The van der Waals surface area contributed by atoms with E-state index in [1.54, 1.807) is 12.5 Å². The molecule has 0 radical (unpaired) electrons. The molecule has 18 heavy (non-hydrogen) atoms. The van der Waals surface area contributed by atoms with Crippen LogP contribution in [-0.4, -0.2) is 18.1 Å². The molecule has 0 aliphatic carbocycles. The molecule has 1 aromatic heterocycles. The molecule has 4 nitrogen and oxygen atoms in total. The Morgan fingerprint density at radius 3 is 2.83 bits per heavy atom. The van der Waals surface area contributed by atoms with Gasteiger partial charge in [-0.3, -0.25) is 4.79 Å². The molecule has 2 rings (SSSR count). The summed E-state index contributed by atoms with van der Waals surface area (Å²) in [6.45, 7) is 0. The van der Waals surface area contributed by atoms with Crippen LogP contribution in [0.5, 0.6) is 0 Å². The minimum Gasteiger partial charge on any atom is -0.469 e. The zero-order valence-electron chi connectivity index (χ0n) is 9.96. The van der Waals surface area contributed by atoms with Gasteiger partial charge >= 0.3 is 5.97 Å². The highest BCUT2D eigenvalue weighted by molar-refractivity contribution is 7.98. The summed E-state index contributed by atoms with van der Waals surface area (Å²) in [5.41, 5.74) is 2.06. The van der Waals surface area contributed by atoms with Crippen LogP contribution in [0.4, 0.5) is 0 Å². The van der Waals surface area contributed by atoms with Crippen molar-refractivity contribution in [3.63, 3.8) is 0 Å². The van der Waals surface area contributed by atoms with E-state index in [1.807, 2.05) is 24.3 Å². The topological polar surface area (TPSA) is 52.3 Å². The van der Waals surface area contributed by atoms with Crippen molar-refractivity contribution >= 4 is 17.7 Å². The first-order valence-corrected chi connectivity index (χ1v) is 6.44. The van der Waals surface area contributed by atoms with Crippen LogP contribution < -0.4 is 0 Å². The maximum atomic E-state index is 11.3. The lowest BCUT2D eigenvalue weighted by molar-refractivity contribution is -0.139. The number of rotatable bonds is 5. The standard InChI is InChI=1S/C13H13NO3S/c1-16-12(15)8-10-4-2-3-5-11(10)9-18-13-14-6-7-17-13/h2-7H,8-9H2,1H3. The Morgan fingerprint density at radius 2 is 2.17 bits per heavy atom. The molecule has 0 aliphatic rings. The third-order valence-corrected chi connectivity index (χ3v) is 3.35. The monoisotopic (exact) mass is 263 g/mol. The molecule has 0 aliphatic heterocycles. The van der Waals surface area contributed by atoms with E-state index in [1.165, 1.54) is 18.9 Å². The highest BCUT2D eigenvalue weighted by atomic mass is 32.2. The number of aromatic nitrogens is 1. The molecule has 0 N–H and O–H groups in total. The molecule has 0 unspecified atom stereocenters. The first kappa shape index (κ1) is 12.7. The number of nitrogens with zero attached hydrogens (tertiary/aromatic N) is 1. The fraction of sp³-hybridized carbons (Fsp3) is 0.231. The van der Waals surface area contributed by atoms with Crippen LogP contribution in [-0.2, 0) is 21.7 Å². The Hall–Kier alpha value is -1.75. The van der Waals surface area contributed by atoms with E-state index in [2.05, 4.69) is 9.72 Å². The van der Waals surface area contributed by atoms with Crippen LogP contribution in [0.15, 0.2) is 46.4 Å². The summed E-state index contributed by atoms with van der Waals surface area (Å²) < 4.78 is 9.84. The molecule has 0 amide bonds. The fourth-order valence-electron chi connectivity index (χ4n) is 1.52. The van der Waals surface area contributed by atoms with Gasteiger partial charge in [0.15, 0.2) is 0 Å². The summed E-state index contributed by atoms with van der Waals surface area (Å²) in [5.74, 6) is 0.483. The van der Waals surface area contributed by atoms with E-state index in [0.717, 1.165) is 11.1 Å². The molecule has 2 aromatic rings. The zero-order chi connectivity index (χ0) is 12.8. The molecule has 0 saturated carbocycles. The molecule has 1 heterocycles. The number of esters is 1. The predicted octanol–water partition coefficient (Wildman–Crippen LogP) is 2.68. The summed E-state index contributed by atoms with van der Waals surface area (Å²) in [6, 6.07) is 7.79. The van der Waals surface area contributed by atoms with Gasteiger partial charge in [-0.1, -0.05) is 36.0 Å². The maximum absolute atomic E-state index is 11.3. The summed E-state index contributed by atoms with van der Waals surface area (Å²) in [7, 11) is 1.40. The van der Waals surface area contributed by atoms with Crippen LogP contribution in [0.3, 0.4) is 0 Å². The van der Waals surface area contributed by atoms with Crippen LogP contribution >= 0.6 is 11.8 Å². The van der Waals surface area contributed by atoms with Gasteiger partial charge in [-0.2, -0.15) is 0 Å². The maximum Gasteiger partial charge on any atom is 0.309 e. The summed E-state index contributed by atoms with van der Waals surface area (Å²) in [5, 5.41) is 0.628. The number of benzene rings is 1. The second kappa shape index (κ2) is 6.26. The highest BCUT2D eigenvalue weighted by Gasteiger charge is 2.09. The van der Waals surface area contributed by atoms with Crippen molar-refractivity contribution in [3.05, 3.63) is 47.9 Å². The van der Waals surface area contributed by atoms with Gasteiger partial charge in [0.05, 0.1) is 19.7 Å². The van der Waals surface area contributed by atoms with Gasteiger partial charge in [-0.15, -0.1) is 0 Å². The normalized spacial score (nSPS) is 10.3. The number of carbonyl (C=O) groups excluding carboxylic acids is 1. The first-order valence-electron chi connectivity index (χ1n) is 5.45. The number of ether oxygens (including phenoxy) is 1. The molecule has 94 valence electrons. The first-order chi connectivity index (χ1) is 8.79. The van der Waals surface area contributed by atoms with Crippen LogP contribution in [0, 0.1) is 0 Å². The molecule has 5 heteroatoms. The molecule has 0 atom stereocenters. The zero-order valence-corrected chi connectivity index (χ0v) is 10.8. The molecule has 1 aromatic carbocycles. The van der Waals surface area contributed by atoms with Gasteiger partial charge in [0, 0.05) is 5.75 Å². The van der Waals surface area contributed by atoms with E-state index in [9.17, 15) is 4.79 Å². The number of hydrogen-bond acceptors (Lipinski definition) is 5. The van der Waals surface area contributed by atoms with Gasteiger partial charge in [-0.25, -0.2) is 4.98 Å². The minimum absolute atomic E-state index is 0.233. The van der Waals surface area contributed by atoms with Crippen LogP contribution in [0.25, 0.3) is 0 Å². The predicted molar refractivity (Wildman–Crippen MR) is 68.2 cm³/mol. The minimum atomic E-state index is -0.233. The van der Waals surface area contributed by atoms with Crippen molar-refractivity contribution in [2.24, 2.45) is 0 Å². The van der Waals surface area contributed by atoms with Crippen molar-refractivity contribution < 1.29 is 13.9 Å². The molecular weight excluding hydrogens is 250 g/mol. The lowest BCUT2D eigenvalue weighted by Gasteiger charge is -2.07. The van der Waals surface area contributed by atoms with E-state index >= 15 is 0 Å². The van der Waals surface area contributed by atoms with Crippen molar-refractivity contribution in [3.8, 4) is 0 Å². The largest absolute Gasteiger partial charge is 0.469 e. The van der Waals surface area contributed by atoms with E-state index < -0.39 is 0 Å². The van der Waals surface area contributed by atoms with Crippen molar-refractivity contribution in [2.75, 3.05) is 7.11 Å². The van der Waals surface area contributed by atoms with Crippen molar-refractivity contribution in [1.29, 1.82) is 0 Å². The number of hydrogen-bond donors (Lipinski definition) is 0. The Kier molecular flexibility index (Phi) is 4.41. The average Bonchev–Trinajstić information content (AvgIpc) is 2.91. The molecule has 0 fully saturated rings. The van der Waals surface area contributed by atoms with Gasteiger partial charge < -0.3 is 9.15 Å². The van der Waals surface area contributed by atoms with Crippen LogP contribution in [0.2, 0.25) is 0 Å². The number of thioether (sulfide) groups is 1. The number of oxazole rings is 1. The molecule has 0 saturated heterocycles. The Morgan fingerprint density at radius 1 is 1.39 bits per heavy atom. The third kappa shape index (κ3) is 3.37. The SMILES string of the molecule is COC(=O)Cc1ccccc1CSc1ncco1. The number of methoxy groups -OCH3 is 1. The Balaban J connectivity index is 2.05. The summed E-state index contributed by atoms with van der Waals surface area (Å²) in [6.07, 6.45) is 3.45. The molecule has 0 bridgehead atoms. The average molecular weight is 263 g/mol. The van der Waals surface area contributed by atoms with Gasteiger partial charge in [0.2, 0.25) is 0 Å². The number of carbonyl (C=O) groups is 1. The van der Waals surface area contributed by atoms with Gasteiger partial charge in [0.25, 0.3) is 5.22 Å². The third-order valence-electron chi connectivity index (χ3n) is 2.44. The summed E-state index contributed by atoms with van der Waals surface area (Å²) in [4.78, 5) is 15.3. The van der Waals surface area contributed by atoms with Gasteiger partial charge in [0.1, 0.15) is 6.26 Å². The lowest BCUT2D eigenvalue weighted by atomic mass is 10.1. The van der Waals surface area contributed by atoms with Crippen LogP contribution in [0.1, 0.15) is 11.1 Å². The van der Waals surface area contributed by atoms with E-state index in [0.29, 0.717) is 17.4 Å². The van der Waals surface area contributed by atoms with E-state index in [-0.39, 0.29) is 5.97 Å². The summed E-state index contributed by atoms with van der Waals surface area (Å²) >= 11 is 1.50. The highest BCUT2D eigenvalue weighted by Crippen LogP contribution is 2.23. The smallest absolute Gasteiger partial charge is 0.309 e. The second-order valence-corrected chi connectivity index (χ2v) is 4.53. The fourth-order valence-corrected chi connectivity index (χ4v) is 2.34. The Bertz CT molecular complexity index is 511. The molecule has 0 spiro atoms. The van der Waals surface area contributed by atoms with Gasteiger partial charge in [-0.05, 0) is 11.1 Å².